The molecular formula is C22H37N7O7. The number of rotatable bonds is 17. The zero-order chi connectivity index (χ0) is 27.3. The van der Waals surface area contributed by atoms with Crippen LogP contribution in [0.1, 0.15) is 51.6 Å². The number of hydrogen-bond donors (Lipinski definition) is 8. The van der Waals surface area contributed by atoms with Crippen LogP contribution in [0.3, 0.4) is 0 Å². The third-order valence-electron chi connectivity index (χ3n) is 5.43. The summed E-state index contributed by atoms with van der Waals surface area (Å²) < 4.78 is 0. The van der Waals surface area contributed by atoms with Crippen molar-refractivity contribution < 1.29 is 34.2 Å². The maximum absolute atomic E-state index is 13.0. The fourth-order valence-electron chi connectivity index (χ4n) is 3.32. The normalized spacial score (nSPS) is 14.4. The van der Waals surface area contributed by atoms with E-state index in [9.17, 15) is 29.1 Å². The summed E-state index contributed by atoms with van der Waals surface area (Å²) >= 11 is 0. The fraction of sp³-hybridized carbons (Fsp3) is 0.636. The van der Waals surface area contributed by atoms with Crippen molar-refractivity contribution in [2.75, 3.05) is 6.54 Å². The summed E-state index contributed by atoms with van der Waals surface area (Å²) in [5.74, 6) is -5.06. The van der Waals surface area contributed by atoms with Crippen molar-refractivity contribution in [1.82, 2.24) is 25.9 Å². The molecule has 0 aliphatic carbocycles. The maximum atomic E-state index is 13.0. The van der Waals surface area contributed by atoms with Crippen LogP contribution in [-0.2, 0) is 30.4 Å². The van der Waals surface area contributed by atoms with Gasteiger partial charge in [-0.25, -0.2) is 9.78 Å². The fourth-order valence-corrected chi connectivity index (χ4v) is 3.32. The molecule has 1 heterocycles. The second kappa shape index (κ2) is 15.5. The first-order valence-electron chi connectivity index (χ1n) is 11.7. The molecule has 0 radical (unpaired) electrons. The van der Waals surface area contributed by atoms with Crippen LogP contribution in [0, 0.1) is 5.92 Å². The summed E-state index contributed by atoms with van der Waals surface area (Å²) in [4.78, 5) is 67.7. The number of carbonyl (C=O) groups is 5. The number of aromatic nitrogens is 2. The largest absolute Gasteiger partial charge is 0.481 e. The van der Waals surface area contributed by atoms with Gasteiger partial charge < -0.3 is 42.6 Å². The van der Waals surface area contributed by atoms with Gasteiger partial charge in [0.1, 0.15) is 18.1 Å². The average Bonchev–Trinajstić information content (AvgIpc) is 3.32. The zero-order valence-electron chi connectivity index (χ0n) is 20.5. The van der Waals surface area contributed by atoms with E-state index in [2.05, 4.69) is 25.9 Å². The summed E-state index contributed by atoms with van der Waals surface area (Å²) in [6, 6.07) is -4.61. The van der Waals surface area contributed by atoms with E-state index >= 15 is 0 Å². The van der Waals surface area contributed by atoms with Gasteiger partial charge in [-0.1, -0.05) is 20.3 Å². The molecule has 0 aliphatic heterocycles. The number of carboxylic acid groups (broad SMARTS) is 2. The molecule has 4 unspecified atom stereocenters. The molecule has 202 valence electrons. The predicted molar refractivity (Wildman–Crippen MR) is 128 cm³/mol. The van der Waals surface area contributed by atoms with Gasteiger partial charge in [0, 0.05) is 24.7 Å². The van der Waals surface area contributed by atoms with Crippen LogP contribution in [0.2, 0.25) is 0 Å². The molecule has 0 saturated carbocycles. The van der Waals surface area contributed by atoms with Crippen molar-refractivity contribution in [3.05, 3.63) is 18.2 Å². The van der Waals surface area contributed by atoms with E-state index in [4.69, 9.17) is 16.6 Å². The highest BCUT2D eigenvalue weighted by atomic mass is 16.4. The minimum Gasteiger partial charge on any atom is -0.481 e. The Bertz CT molecular complexity index is 876. The Morgan fingerprint density at radius 3 is 2.17 bits per heavy atom. The van der Waals surface area contributed by atoms with Crippen molar-refractivity contribution in [3.8, 4) is 0 Å². The number of imidazole rings is 1. The molecule has 0 aliphatic rings. The van der Waals surface area contributed by atoms with Gasteiger partial charge in [-0.05, 0) is 31.7 Å². The van der Waals surface area contributed by atoms with E-state index in [1.54, 1.807) is 13.8 Å². The van der Waals surface area contributed by atoms with E-state index in [0.29, 0.717) is 31.5 Å². The molecule has 10 N–H and O–H groups in total. The number of H-pyrrole nitrogens is 1. The van der Waals surface area contributed by atoms with Gasteiger partial charge in [0.05, 0.1) is 12.4 Å². The van der Waals surface area contributed by atoms with Gasteiger partial charge in [0.25, 0.3) is 0 Å². The van der Waals surface area contributed by atoms with E-state index < -0.39 is 66.2 Å². The molecular weight excluding hydrogens is 474 g/mol. The highest BCUT2D eigenvalue weighted by molar-refractivity contribution is 5.94. The Kier molecular flexibility index (Phi) is 13.1. The van der Waals surface area contributed by atoms with Crippen LogP contribution in [0.25, 0.3) is 0 Å². The van der Waals surface area contributed by atoms with Crippen molar-refractivity contribution >= 4 is 29.7 Å². The molecule has 4 atom stereocenters. The smallest absolute Gasteiger partial charge is 0.326 e. The first kappa shape index (κ1) is 30.5. The third kappa shape index (κ3) is 10.8. The van der Waals surface area contributed by atoms with E-state index in [1.165, 1.54) is 12.5 Å². The molecule has 1 aromatic rings. The van der Waals surface area contributed by atoms with Gasteiger partial charge >= 0.3 is 11.9 Å². The highest BCUT2D eigenvalue weighted by Crippen LogP contribution is 2.08. The second-order valence-corrected chi connectivity index (χ2v) is 8.80. The Morgan fingerprint density at radius 2 is 1.64 bits per heavy atom. The number of nitrogens with one attached hydrogen (secondary N) is 4. The minimum atomic E-state index is -1.29. The number of carbonyl (C=O) groups excluding carboxylic acids is 3. The number of nitrogens with two attached hydrogens (primary N) is 2. The molecule has 36 heavy (non-hydrogen) atoms. The number of amides is 3. The van der Waals surface area contributed by atoms with Crippen LogP contribution in [0.4, 0.5) is 0 Å². The SMILES string of the molecule is CC(C)C(NC(=O)C(CCC(=O)O)NC(=O)C(N)CCCCN)C(=O)NC(Cc1cnc[nH]1)C(=O)O. The first-order chi connectivity index (χ1) is 17.0. The molecule has 14 nitrogen and oxygen atoms in total. The standard InChI is InChI=1S/C22H37N7O7/c1-12(2)18(21(34)28-16(22(35)36)9-13-10-25-11-26-13)29-20(33)15(6-7-17(30)31)27-19(32)14(24)5-3-4-8-23/h10-12,14-16,18H,3-9,23-24H2,1-2H3,(H,25,26)(H,27,32)(H,28,34)(H,29,33)(H,30,31)(H,35,36). The molecule has 1 aromatic heterocycles. The molecule has 0 fully saturated rings. The predicted octanol–water partition coefficient (Wildman–Crippen LogP) is -1.53. The maximum Gasteiger partial charge on any atom is 0.326 e. The van der Waals surface area contributed by atoms with Crippen molar-refractivity contribution in [2.45, 2.75) is 76.5 Å². The number of aliphatic carboxylic acids is 2. The van der Waals surface area contributed by atoms with Crippen LogP contribution in [0.15, 0.2) is 12.5 Å². The summed E-state index contributed by atoms with van der Waals surface area (Å²) in [5.41, 5.74) is 11.8. The Balaban J connectivity index is 2.92. The molecule has 14 heteroatoms. The number of carboxylic acids is 2. The highest BCUT2D eigenvalue weighted by Gasteiger charge is 2.32. The quantitative estimate of drug-likeness (QED) is 0.112. The third-order valence-corrected chi connectivity index (χ3v) is 5.43. The van der Waals surface area contributed by atoms with Crippen LogP contribution in [-0.4, -0.2) is 80.6 Å². The number of aromatic amines is 1. The van der Waals surface area contributed by atoms with Crippen LogP contribution >= 0.6 is 0 Å². The van der Waals surface area contributed by atoms with Gasteiger partial charge in [-0.2, -0.15) is 0 Å². The molecule has 1 rings (SSSR count). The lowest BCUT2D eigenvalue weighted by molar-refractivity contribution is -0.142. The molecule has 0 bridgehead atoms. The minimum absolute atomic E-state index is 0.0564. The lowest BCUT2D eigenvalue weighted by atomic mass is 10.0. The average molecular weight is 512 g/mol. The van der Waals surface area contributed by atoms with Gasteiger partial charge in [-0.15, -0.1) is 0 Å². The van der Waals surface area contributed by atoms with Gasteiger partial charge in [-0.3, -0.25) is 19.2 Å². The van der Waals surface area contributed by atoms with E-state index in [-0.39, 0.29) is 12.8 Å². The van der Waals surface area contributed by atoms with Crippen molar-refractivity contribution in [1.29, 1.82) is 0 Å². The molecule has 0 saturated heterocycles. The molecule has 3 amide bonds. The summed E-state index contributed by atoms with van der Waals surface area (Å²) in [7, 11) is 0. The lowest BCUT2D eigenvalue weighted by Gasteiger charge is -2.27. The Hall–Kier alpha value is -3.52. The van der Waals surface area contributed by atoms with Crippen LogP contribution < -0.4 is 27.4 Å². The number of unbranched alkanes of at least 4 members (excludes halogenated alkanes) is 1. The van der Waals surface area contributed by atoms with Crippen LogP contribution in [0.5, 0.6) is 0 Å². The molecule has 0 spiro atoms. The van der Waals surface area contributed by atoms with Crippen molar-refractivity contribution in [3.63, 3.8) is 0 Å². The zero-order valence-corrected chi connectivity index (χ0v) is 20.5. The van der Waals surface area contributed by atoms with E-state index in [1.807, 2.05) is 0 Å². The van der Waals surface area contributed by atoms with Gasteiger partial charge in [0.15, 0.2) is 0 Å². The van der Waals surface area contributed by atoms with Gasteiger partial charge in [0.2, 0.25) is 17.7 Å². The Morgan fingerprint density at radius 1 is 0.972 bits per heavy atom. The first-order valence-corrected chi connectivity index (χ1v) is 11.7. The lowest BCUT2D eigenvalue weighted by Crippen LogP contribution is -2.58. The monoisotopic (exact) mass is 511 g/mol. The summed E-state index contributed by atoms with van der Waals surface area (Å²) in [5, 5.41) is 25.9. The molecule has 0 aromatic carbocycles. The topological polar surface area (TPSA) is 243 Å². The number of hydrogen-bond acceptors (Lipinski definition) is 8. The number of nitrogens with zero attached hydrogens (tertiary/aromatic N) is 1. The van der Waals surface area contributed by atoms with E-state index in [0.717, 1.165) is 0 Å². The second-order valence-electron chi connectivity index (χ2n) is 8.80. The Labute approximate surface area is 209 Å². The van der Waals surface area contributed by atoms with Crippen molar-refractivity contribution in [2.24, 2.45) is 17.4 Å². The summed E-state index contributed by atoms with van der Waals surface area (Å²) in [6.07, 6.45) is 3.72. The summed E-state index contributed by atoms with van der Waals surface area (Å²) in [6.45, 7) is 3.74.